The highest BCUT2D eigenvalue weighted by atomic mass is 19.4. The van der Waals surface area contributed by atoms with Crippen LogP contribution in [0.25, 0.3) is 16.7 Å². The van der Waals surface area contributed by atoms with Gasteiger partial charge in [0, 0.05) is 0 Å². The highest BCUT2D eigenvalue weighted by Gasteiger charge is 2.30. The lowest BCUT2D eigenvalue weighted by Gasteiger charge is -2.10. The van der Waals surface area contributed by atoms with E-state index in [4.69, 9.17) is 0 Å². The van der Waals surface area contributed by atoms with Gasteiger partial charge in [-0.1, -0.05) is 30.3 Å². The van der Waals surface area contributed by atoms with E-state index in [0.717, 1.165) is 23.4 Å². The zero-order valence-electron chi connectivity index (χ0n) is 14.8. The average Bonchev–Trinajstić information content (AvgIpc) is 3.09. The second-order valence-corrected chi connectivity index (χ2v) is 6.46. The molecule has 4 rings (SSSR count). The number of aryl methyl sites for hydroxylation is 1. The van der Waals surface area contributed by atoms with Crippen LogP contribution in [0.5, 0.6) is 0 Å². The van der Waals surface area contributed by atoms with Crippen LogP contribution in [0.15, 0.2) is 65.8 Å². The quantitative estimate of drug-likeness (QED) is 0.537. The number of hydrogen-bond acceptors (Lipinski definition) is 3. The van der Waals surface area contributed by atoms with E-state index >= 15 is 0 Å². The Bertz CT molecular complexity index is 1220. The van der Waals surface area contributed by atoms with Gasteiger partial charge >= 0.3 is 6.18 Å². The fourth-order valence-corrected chi connectivity index (χ4v) is 3.08. The molecule has 0 saturated carbocycles. The van der Waals surface area contributed by atoms with E-state index in [1.807, 2.05) is 31.2 Å². The third-order valence-electron chi connectivity index (χ3n) is 4.51. The molecular weight excluding hydrogens is 369 g/mol. The maximum Gasteiger partial charge on any atom is 0.416 e. The van der Waals surface area contributed by atoms with Crippen molar-refractivity contribution in [3.05, 3.63) is 88.1 Å². The van der Waals surface area contributed by atoms with Crippen LogP contribution in [0.2, 0.25) is 0 Å². The summed E-state index contributed by atoms with van der Waals surface area (Å²) in [5, 5.41) is 4.58. The molecule has 2 aromatic heterocycles. The van der Waals surface area contributed by atoms with E-state index in [-0.39, 0.29) is 12.1 Å². The molecule has 2 aromatic carbocycles. The van der Waals surface area contributed by atoms with Crippen molar-refractivity contribution in [3.63, 3.8) is 0 Å². The Kier molecular flexibility index (Phi) is 4.26. The number of alkyl halides is 3. The molecule has 0 amide bonds. The fourth-order valence-electron chi connectivity index (χ4n) is 3.08. The number of aromatic nitrogens is 4. The molecule has 0 saturated heterocycles. The molecule has 8 heteroatoms. The topological polar surface area (TPSA) is 52.7 Å². The van der Waals surface area contributed by atoms with Gasteiger partial charge in [-0.2, -0.15) is 18.3 Å². The predicted octanol–water partition coefficient (Wildman–Crippen LogP) is 3.96. The molecule has 2 heterocycles. The van der Waals surface area contributed by atoms with Crippen molar-refractivity contribution in [2.24, 2.45) is 0 Å². The van der Waals surface area contributed by atoms with Gasteiger partial charge in [0.05, 0.1) is 24.0 Å². The lowest BCUT2D eigenvalue weighted by molar-refractivity contribution is -0.137. The van der Waals surface area contributed by atoms with E-state index in [0.29, 0.717) is 16.6 Å². The molecule has 0 N–H and O–H groups in total. The second-order valence-electron chi connectivity index (χ2n) is 6.46. The molecule has 28 heavy (non-hydrogen) atoms. The summed E-state index contributed by atoms with van der Waals surface area (Å²) in [5.41, 5.74) is 1.44. The summed E-state index contributed by atoms with van der Waals surface area (Å²) >= 11 is 0. The van der Waals surface area contributed by atoms with Crippen molar-refractivity contribution in [1.29, 1.82) is 0 Å². The zero-order chi connectivity index (χ0) is 19.9. The van der Waals surface area contributed by atoms with Crippen molar-refractivity contribution in [1.82, 2.24) is 19.3 Å². The molecule has 0 radical (unpaired) electrons. The first kappa shape index (κ1) is 18.0. The third-order valence-corrected chi connectivity index (χ3v) is 4.51. The Morgan fingerprint density at radius 2 is 1.86 bits per heavy atom. The van der Waals surface area contributed by atoms with Gasteiger partial charge in [0.25, 0.3) is 5.56 Å². The van der Waals surface area contributed by atoms with Crippen molar-refractivity contribution in [3.8, 4) is 5.69 Å². The summed E-state index contributed by atoms with van der Waals surface area (Å²) in [7, 11) is 0. The summed E-state index contributed by atoms with van der Waals surface area (Å²) < 4.78 is 41.6. The third kappa shape index (κ3) is 3.17. The molecule has 0 aliphatic heterocycles. The Morgan fingerprint density at radius 1 is 1.07 bits per heavy atom. The molecule has 0 atom stereocenters. The first-order valence-electron chi connectivity index (χ1n) is 8.50. The summed E-state index contributed by atoms with van der Waals surface area (Å²) in [6.07, 6.45) is -1.67. The highest BCUT2D eigenvalue weighted by molar-refractivity contribution is 5.75. The van der Waals surface area contributed by atoms with Crippen molar-refractivity contribution < 1.29 is 13.2 Å². The Hall–Kier alpha value is -3.42. The van der Waals surface area contributed by atoms with Crippen molar-refractivity contribution >= 4 is 11.0 Å². The Labute approximate surface area is 157 Å². The lowest BCUT2D eigenvalue weighted by atomic mass is 10.1. The molecule has 0 fully saturated rings. The number of rotatable bonds is 3. The van der Waals surface area contributed by atoms with Gasteiger partial charge in [0.1, 0.15) is 11.7 Å². The van der Waals surface area contributed by atoms with Gasteiger partial charge in [0.2, 0.25) is 0 Å². The number of para-hydroxylation sites is 1. The molecule has 142 valence electrons. The SMILES string of the molecule is Cc1ccccc1-n1ncc2c(=O)n(Cc3cccc(C(F)(F)F)c3)cnc21. The average molecular weight is 384 g/mol. The van der Waals surface area contributed by atoms with Crippen molar-refractivity contribution in [2.75, 3.05) is 0 Å². The second kappa shape index (κ2) is 6.63. The molecule has 4 aromatic rings. The molecule has 0 unspecified atom stereocenters. The molecule has 0 bridgehead atoms. The van der Waals surface area contributed by atoms with E-state index < -0.39 is 11.7 Å². The lowest BCUT2D eigenvalue weighted by Crippen LogP contribution is -2.21. The van der Waals surface area contributed by atoms with E-state index in [9.17, 15) is 18.0 Å². The fraction of sp³-hybridized carbons (Fsp3) is 0.150. The number of halogens is 3. The summed E-state index contributed by atoms with van der Waals surface area (Å²) in [6, 6.07) is 12.5. The van der Waals surface area contributed by atoms with Crippen LogP contribution in [-0.4, -0.2) is 19.3 Å². The minimum atomic E-state index is -4.43. The number of hydrogen-bond donors (Lipinski definition) is 0. The standard InChI is InChI=1S/C20H15F3N4O/c1-13-5-2-3-8-17(13)27-18-16(10-25-27)19(28)26(12-24-18)11-14-6-4-7-15(9-14)20(21,22)23/h2-10,12H,11H2,1H3. The van der Waals surface area contributed by atoms with Crippen LogP contribution in [0.1, 0.15) is 16.7 Å². The zero-order valence-corrected chi connectivity index (χ0v) is 14.8. The van der Waals surface area contributed by atoms with Crippen molar-refractivity contribution in [2.45, 2.75) is 19.6 Å². The number of fused-ring (bicyclic) bond motifs is 1. The summed E-state index contributed by atoms with van der Waals surface area (Å²) in [6.45, 7) is 1.92. The van der Waals surface area contributed by atoms with E-state index in [1.165, 1.54) is 23.2 Å². The molecule has 0 aliphatic rings. The van der Waals surface area contributed by atoms with Crippen LogP contribution >= 0.6 is 0 Å². The van der Waals surface area contributed by atoms with Gasteiger partial charge < -0.3 is 0 Å². The predicted molar refractivity (Wildman–Crippen MR) is 98.4 cm³/mol. The minimum Gasteiger partial charge on any atom is -0.294 e. The molecule has 0 spiro atoms. The van der Waals surface area contributed by atoms with Crippen LogP contribution in [0.3, 0.4) is 0 Å². The van der Waals surface area contributed by atoms with Gasteiger partial charge in [0.15, 0.2) is 5.65 Å². The first-order chi connectivity index (χ1) is 13.3. The maximum atomic E-state index is 12.9. The minimum absolute atomic E-state index is 0.0127. The Morgan fingerprint density at radius 3 is 2.61 bits per heavy atom. The van der Waals surface area contributed by atoms with Gasteiger partial charge in [-0.3, -0.25) is 9.36 Å². The normalized spacial score (nSPS) is 11.9. The van der Waals surface area contributed by atoms with Crippen LogP contribution < -0.4 is 5.56 Å². The molecule has 0 aliphatic carbocycles. The summed E-state index contributed by atoms with van der Waals surface area (Å²) in [5.74, 6) is 0. The van der Waals surface area contributed by atoms with Gasteiger partial charge in [-0.25, -0.2) is 9.67 Å². The van der Waals surface area contributed by atoms with E-state index in [1.54, 1.807) is 10.7 Å². The monoisotopic (exact) mass is 384 g/mol. The maximum absolute atomic E-state index is 12.9. The smallest absolute Gasteiger partial charge is 0.294 e. The number of nitrogens with zero attached hydrogens (tertiary/aromatic N) is 4. The van der Waals surface area contributed by atoms with Gasteiger partial charge in [-0.15, -0.1) is 0 Å². The molecular formula is C20H15F3N4O. The van der Waals surface area contributed by atoms with Gasteiger partial charge in [-0.05, 0) is 36.2 Å². The largest absolute Gasteiger partial charge is 0.416 e. The first-order valence-corrected chi connectivity index (χ1v) is 8.50. The van der Waals surface area contributed by atoms with Crippen LogP contribution in [-0.2, 0) is 12.7 Å². The van der Waals surface area contributed by atoms with E-state index in [2.05, 4.69) is 10.1 Å². The molecule has 5 nitrogen and oxygen atoms in total. The van der Waals surface area contributed by atoms with Crippen LogP contribution in [0, 0.1) is 6.92 Å². The highest BCUT2D eigenvalue weighted by Crippen LogP contribution is 2.29. The summed E-state index contributed by atoms with van der Waals surface area (Å²) in [4.78, 5) is 17.1. The Balaban J connectivity index is 1.74. The van der Waals surface area contributed by atoms with Crippen LogP contribution in [0.4, 0.5) is 13.2 Å². The number of benzene rings is 2.